The first-order chi connectivity index (χ1) is 15.6. The van der Waals surface area contributed by atoms with E-state index in [2.05, 4.69) is 0 Å². The lowest BCUT2D eigenvalue weighted by Crippen LogP contribution is -3.00. The van der Waals surface area contributed by atoms with Crippen molar-refractivity contribution in [2.24, 2.45) is 0 Å². The maximum absolute atomic E-state index is 12.6. The molecule has 34 heavy (non-hydrogen) atoms. The number of ketones is 2. The number of ether oxygens (including phenoxy) is 1. The fourth-order valence-electron chi connectivity index (χ4n) is 3.45. The lowest BCUT2D eigenvalue weighted by molar-refractivity contribution is -0.683. The van der Waals surface area contributed by atoms with Crippen molar-refractivity contribution in [3.8, 4) is 16.9 Å². The van der Waals surface area contributed by atoms with Gasteiger partial charge in [0.25, 0.3) is 0 Å². The number of carbonyl (C=O) groups is 2. The fraction of sp³-hybridized carbons (Fsp3) is 0.111. The van der Waals surface area contributed by atoms with Crippen LogP contribution in [0.25, 0.3) is 11.1 Å². The lowest BCUT2D eigenvalue weighted by atomic mass is 10.1. The predicted octanol–water partition coefficient (Wildman–Crippen LogP) is -2.29. The number of carbonyl (C=O) groups excluding carboxylic acids is 2. The van der Waals surface area contributed by atoms with Crippen molar-refractivity contribution in [2.75, 3.05) is 7.11 Å². The van der Waals surface area contributed by atoms with Gasteiger partial charge in [0.05, 0.1) is 7.11 Å². The minimum atomic E-state index is 0. The fourth-order valence-corrected chi connectivity index (χ4v) is 3.45. The Morgan fingerprint density at radius 1 is 0.647 bits per heavy atom. The second-order valence-corrected chi connectivity index (χ2v) is 7.46. The number of benzene rings is 2. The summed E-state index contributed by atoms with van der Waals surface area (Å²) in [5, 5.41) is 0. The third-order valence-corrected chi connectivity index (χ3v) is 5.26. The average molecular weight is 584 g/mol. The summed E-state index contributed by atoms with van der Waals surface area (Å²) >= 11 is 0. The van der Waals surface area contributed by atoms with Crippen molar-refractivity contribution in [1.29, 1.82) is 0 Å². The van der Waals surface area contributed by atoms with Crippen molar-refractivity contribution < 1.29 is 57.4 Å². The zero-order chi connectivity index (χ0) is 22.3. The standard InChI is InChI=1S/C27H24N2O3.2BrH/c1-32-25-9-5-8-24(18-25)27(31)20-29-16-12-22(13-17-29)21-10-14-28(15-11-21)19-26(30)23-6-3-2-4-7-23;;/h2-18H,19-20H2,1H3;2*1H/q+2;;/p-2. The molecule has 0 aliphatic heterocycles. The second-order valence-electron chi connectivity index (χ2n) is 7.46. The van der Waals surface area contributed by atoms with Crippen molar-refractivity contribution in [3.63, 3.8) is 0 Å². The Morgan fingerprint density at radius 3 is 1.62 bits per heavy atom. The molecule has 4 rings (SSSR count). The maximum atomic E-state index is 12.6. The van der Waals surface area contributed by atoms with Crippen molar-refractivity contribution in [1.82, 2.24) is 0 Å². The first-order valence-electron chi connectivity index (χ1n) is 10.4. The van der Waals surface area contributed by atoms with E-state index < -0.39 is 0 Å². The number of methoxy groups -OCH3 is 1. The summed E-state index contributed by atoms with van der Waals surface area (Å²) in [5.74, 6) is 0.762. The number of halogens is 2. The summed E-state index contributed by atoms with van der Waals surface area (Å²) in [5.41, 5.74) is 3.41. The van der Waals surface area contributed by atoms with Crippen LogP contribution in [0.3, 0.4) is 0 Å². The second kappa shape index (κ2) is 12.9. The third kappa shape index (κ3) is 6.92. The van der Waals surface area contributed by atoms with Crippen LogP contribution in [0.4, 0.5) is 0 Å². The number of pyridine rings is 2. The summed E-state index contributed by atoms with van der Waals surface area (Å²) in [4.78, 5) is 24.9. The van der Waals surface area contributed by atoms with Crippen LogP contribution in [0.2, 0.25) is 0 Å². The SMILES string of the molecule is COc1cccc(C(=O)C[n+]2ccc(-c3cc[n+](CC(=O)c4ccccc4)cc3)cc2)c1.[Br-].[Br-]. The van der Waals surface area contributed by atoms with Gasteiger partial charge in [0, 0.05) is 35.4 Å². The van der Waals surface area contributed by atoms with Gasteiger partial charge in [-0.3, -0.25) is 9.59 Å². The van der Waals surface area contributed by atoms with Crippen LogP contribution in [-0.4, -0.2) is 18.7 Å². The van der Waals surface area contributed by atoms with Gasteiger partial charge in [0.1, 0.15) is 5.75 Å². The van der Waals surface area contributed by atoms with Crippen LogP contribution < -0.4 is 47.8 Å². The highest BCUT2D eigenvalue weighted by molar-refractivity contribution is 5.95. The van der Waals surface area contributed by atoms with Gasteiger partial charge in [-0.25, -0.2) is 0 Å². The van der Waals surface area contributed by atoms with Crippen LogP contribution in [0.15, 0.2) is 104 Å². The number of rotatable bonds is 8. The Bertz CT molecular complexity index is 1230. The summed E-state index contributed by atoms with van der Waals surface area (Å²) in [6.07, 6.45) is 7.61. The highest BCUT2D eigenvalue weighted by Gasteiger charge is 2.14. The molecule has 2 heterocycles. The molecule has 0 amide bonds. The van der Waals surface area contributed by atoms with E-state index in [0.29, 0.717) is 23.4 Å². The lowest BCUT2D eigenvalue weighted by Gasteiger charge is -2.03. The summed E-state index contributed by atoms with van der Waals surface area (Å²) in [7, 11) is 1.59. The molecule has 174 valence electrons. The zero-order valence-corrected chi connectivity index (χ0v) is 21.8. The molecule has 0 radical (unpaired) electrons. The minimum absolute atomic E-state index is 0. The van der Waals surface area contributed by atoms with Crippen LogP contribution in [-0.2, 0) is 13.1 Å². The first-order valence-corrected chi connectivity index (χ1v) is 10.4. The summed E-state index contributed by atoms with van der Waals surface area (Å²) < 4.78 is 8.92. The molecular weight excluding hydrogens is 560 g/mol. The Morgan fingerprint density at radius 2 is 1.12 bits per heavy atom. The molecule has 5 nitrogen and oxygen atoms in total. The smallest absolute Gasteiger partial charge is 0.227 e. The van der Waals surface area contributed by atoms with Gasteiger partial charge in [-0.05, 0) is 23.3 Å². The van der Waals surface area contributed by atoms with Gasteiger partial charge in [-0.2, -0.15) is 9.13 Å². The van der Waals surface area contributed by atoms with Crippen molar-refractivity contribution in [2.45, 2.75) is 13.1 Å². The van der Waals surface area contributed by atoms with Gasteiger partial charge >= 0.3 is 0 Å². The van der Waals surface area contributed by atoms with E-state index in [1.165, 1.54) is 0 Å². The van der Waals surface area contributed by atoms with Gasteiger partial charge in [0.15, 0.2) is 24.8 Å². The van der Waals surface area contributed by atoms with E-state index in [9.17, 15) is 9.59 Å². The van der Waals surface area contributed by atoms with Crippen LogP contribution in [0, 0.1) is 0 Å². The molecule has 0 spiro atoms. The Kier molecular flexibility index (Phi) is 10.3. The molecule has 7 heteroatoms. The highest BCUT2D eigenvalue weighted by Crippen LogP contribution is 2.16. The quantitative estimate of drug-likeness (QED) is 0.173. The molecule has 0 unspecified atom stereocenters. The van der Waals surface area contributed by atoms with E-state index in [4.69, 9.17) is 4.74 Å². The van der Waals surface area contributed by atoms with E-state index in [1.54, 1.807) is 19.2 Å². The molecule has 2 aromatic carbocycles. The van der Waals surface area contributed by atoms with E-state index in [-0.39, 0.29) is 52.1 Å². The molecule has 0 aliphatic rings. The van der Waals surface area contributed by atoms with Crippen LogP contribution >= 0.6 is 0 Å². The van der Waals surface area contributed by atoms with Crippen LogP contribution in [0.1, 0.15) is 20.7 Å². The zero-order valence-electron chi connectivity index (χ0n) is 18.6. The molecule has 0 saturated heterocycles. The predicted molar refractivity (Wildman–Crippen MR) is 120 cm³/mol. The molecule has 0 atom stereocenters. The molecule has 0 aliphatic carbocycles. The minimum Gasteiger partial charge on any atom is -1.00 e. The molecule has 2 aromatic heterocycles. The first kappa shape index (κ1) is 27.1. The molecule has 0 bridgehead atoms. The summed E-state index contributed by atoms with van der Waals surface area (Å²) in [6, 6.07) is 24.4. The largest absolute Gasteiger partial charge is 1.00 e. The number of Topliss-reactive ketones (excluding diaryl/α,β-unsaturated/α-hetero) is 2. The van der Waals surface area contributed by atoms with Crippen molar-refractivity contribution >= 4 is 11.6 Å². The van der Waals surface area contributed by atoms with Crippen LogP contribution in [0.5, 0.6) is 5.75 Å². The molecule has 0 N–H and O–H groups in total. The maximum Gasteiger partial charge on any atom is 0.227 e. The summed E-state index contributed by atoms with van der Waals surface area (Å²) in [6.45, 7) is 0.551. The van der Waals surface area contributed by atoms with Gasteiger partial charge in [-0.1, -0.05) is 42.5 Å². The number of hydrogen-bond donors (Lipinski definition) is 0. The topological polar surface area (TPSA) is 51.1 Å². The Balaban J connectivity index is 0.00000204. The van der Waals surface area contributed by atoms with Crippen molar-refractivity contribution in [3.05, 3.63) is 115 Å². The van der Waals surface area contributed by atoms with Gasteiger partial charge < -0.3 is 38.7 Å². The Labute approximate surface area is 220 Å². The van der Waals surface area contributed by atoms with Gasteiger partial charge in [-0.15, -0.1) is 0 Å². The van der Waals surface area contributed by atoms with Gasteiger partial charge in [0.2, 0.25) is 24.7 Å². The Hall–Kier alpha value is -3.16. The normalized spacial score (nSPS) is 9.91. The van der Waals surface area contributed by atoms with E-state index in [0.717, 1.165) is 11.1 Å². The molecule has 4 aromatic rings. The number of hydrogen-bond acceptors (Lipinski definition) is 3. The molecule has 0 fully saturated rings. The third-order valence-electron chi connectivity index (χ3n) is 5.26. The van der Waals surface area contributed by atoms with E-state index in [1.807, 2.05) is 101 Å². The molecule has 0 saturated carbocycles. The highest BCUT2D eigenvalue weighted by atomic mass is 79.9. The number of aromatic nitrogens is 2. The average Bonchev–Trinajstić information content (AvgIpc) is 2.85. The molecular formula is C27H24Br2N2O3. The number of nitrogens with zero attached hydrogens (tertiary/aromatic N) is 2. The monoisotopic (exact) mass is 582 g/mol. The van der Waals surface area contributed by atoms with E-state index >= 15 is 0 Å².